The van der Waals surface area contributed by atoms with Crippen LogP contribution >= 0.6 is 0 Å². The number of hydrogen-bond acceptors (Lipinski definition) is 11. The molecule has 238 valence electrons. The number of aliphatic hydroxyl groups excluding tert-OH is 2. The lowest BCUT2D eigenvalue weighted by atomic mass is 10.1. The first kappa shape index (κ1) is 36.2. The minimum Gasteiger partial charge on any atom is -0.480 e. The first-order chi connectivity index (χ1) is 19.9. The predicted octanol–water partition coefficient (Wildman–Crippen LogP) is -5.87. The van der Waals surface area contributed by atoms with E-state index >= 15 is 0 Å². The summed E-state index contributed by atoms with van der Waals surface area (Å²) in [5.74, 6) is -5.95. The number of nitrogens with one attached hydrogen (secondary N) is 7. The lowest BCUT2D eigenvalue weighted by molar-refractivity contribution is -0.142. The smallest absolute Gasteiger partial charge is 0.325 e. The zero-order valence-corrected chi connectivity index (χ0v) is 23.4. The number of carboxylic acid groups (broad SMARTS) is 1. The van der Waals surface area contributed by atoms with E-state index in [1.165, 1.54) is 6.92 Å². The van der Waals surface area contributed by atoms with Crippen LogP contribution in [0.1, 0.15) is 39.0 Å². The van der Waals surface area contributed by atoms with Crippen LogP contribution in [-0.2, 0) is 33.6 Å². The third-order valence-electron chi connectivity index (χ3n) is 6.20. The van der Waals surface area contributed by atoms with Crippen LogP contribution in [-0.4, -0.2) is 126 Å². The van der Waals surface area contributed by atoms with Crippen LogP contribution in [0.4, 0.5) is 0 Å². The van der Waals surface area contributed by atoms with Gasteiger partial charge in [0.25, 0.3) is 0 Å². The fourth-order valence-corrected chi connectivity index (χ4v) is 3.78. The number of carbonyl (C=O) groups excluding carboxylic acids is 6. The Bertz CT molecular complexity index is 960. The van der Waals surface area contributed by atoms with Crippen LogP contribution < -0.4 is 43.0 Å². The van der Waals surface area contributed by atoms with Crippen molar-refractivity contribution in [1.29, 1.82) is 0 Å². The van der Waals surface area contributed by atoms with Gasteiger partial charge in [-0.3, -0.25) is 33.6 Å². The topological polar surface area (TPSA) is 290 Å². The van der Waals surface area contributed by atoms with Gasteiger partial charge in [0.2, 0.25) is 35.4 Å². The molecule has 18 nitrogen and oxygen atoms in total. The highest BCUT2D eigenvalue weighted by Crippen LogP contribution is 2.04. The van der Waals surface area contributed by atoms with Gasteiger partial charge in [-0.25, -0.2) is 0 Å². The van der Waals surface area contributed by atoms with Crippen molar-refractivity contribution >= 4 is 41.4 Å². The van der Waals surface area contributed by atoms with E-state index in [0.29, 0.717) is 32.4 Å². The van der Waals surface area contributed by atoms with Crippen molar-refractivity contribution in [2.24, 2.45) is 5.73 Å². The van der Waals surface area contributed by atoms with Gasteiger partial charge in [-0.1, -0.05) is 0 Å². The van der Waals surface area contributed by atoms with E-state index in [1.807, 2.05) is 0 Å². The van der Waals surface area contributed by atoms with Crippen LogP contribution in [0.25, 0.3) is 0 Å². The molecule has 1 heterocycles. The van der Waals surface area contributed by atoms with Gasteiger partial charge in [-0.05, 0) is 52.1 Å². The SMILES string of the molecule is C[C@H](NC(=O)[C@H](CO)NC(=O)[C@H](CCCCN)NC(=O)CNC(=O)[C@H](CO)NC(=O)CNC(=O)[C@@H]1CCCN1)C(=O)O. The average Bonchev–Trinajstić information content (AvgIpc) is 3.50. The Morgan fingerprint density at radius 1 is 0.810 bits per heavy atom. The third-order valence-corrected chi connectivity index (χ3v) is 6.20. The van der Waals surface area contributed by atoms with Gasteiger partial charge in [0.15, 0.2) is 0 Å². The van der Waals surface area contributed by atoms with Crippen molar-refractivity contribution < 1.29 is 48.9 Å². The van der Waals surface area contributed by atoms with Gasteiger partial charge < -0.3 is 58.3 Å². The molecule has 0 aliphatic carbocycles. The molecule has 0 saturated carbocycles. The molecule has 0 aromatic heterocycles. The van der Waals surface area contributed by atoms with Gasteiger partial charge in [-0.2, -0.15) is 0 Å². The zero-order valence-electron chi connectivity index (χ0n) is 23.4. The Morgan fingerprint density at radius 2 is 1.38 bits per heavy atom. The quantitative estimate of drug-likeness (QED) is 0.0616. The first-order valence-corrected chi connectivity index (χ1v) is 13.6. The van der Waals surface area contributed by atoms with E-state index in [0.717, 1.165) is 6.42 Å². The van der Waals surface area contributed by atoms with Crippen LogP contribution in [0.3, 0.4) is 0 Å². The van der Waals surface area contributed by atoms with Gasteiger partial charge in [0.05, 0.1) is 32.3 Å². The van der Waals surface area contributed by atoms with E-state index in [4.69, 9.17) is 10.8 Å². The summed E-state index contributed by atoms with van der Waals surface area (Å²) in [6.07, 6.45) is 2.46. The molecular formula is C24H42N8O10. The van der Waals surface area contributed by atoms with Crippen molar-refractivity contribution in [1.82, 2.24) is 37.2 Å². The number of aliphatic carboxylic acids is 1. The van der Waals surface area contributed by atoms with Gasteiger partial charge in [0, 0.05) is 0 Å². The largest absolute Gasteiger partial charge is 0.480 e. The van der Waals surface area contributed by atoms with Crippen molar-refractivity contribution in [3.8, 4) is 0 Å². The Kier molecular flexibility index (Phi) is 16.6. The van der Waals surface area contributed by atoms with Crippen molar-refractivity contribution in [2.75, 3.05) is 39.4 Å². The summed E-state index contributed by atoms with van der Waals surface area (Å²) in [4.78, 5) is 85.1. The second-order valence-corrected chi connectivity index (χ2v) is 9.60. The monoisotopic (exact) mass is 602 g/mol. The first-order valence-electron chi connectivity index (χ1n) is 13.6. The molecule has 18 heteroatoms. The summed E-state index contributed by atoms with van der Waals surface area (Å²) in [5.41, 5.74) is 5.48. The van der Waals surface area contributed by atoms with E-state index in [9.17, 15) is 43.8 Å². The number of amides is 6. The molecule has 1 aliphatic rings. The van der Waals surface area contributed by atoms with Crippen LogP contribution in [0.15, 0.2) is 0 Å². The van der Waals surface area contributed by atoms with E-state index in [2.05, 4.69) is 37.2 Å². The highest BCUT2D eigenvalue weighted by atomic mass is 16.4. The van der Waals surface area contributed by atoms with Crippen LogP contribution in [0, 0.1) is 0 Å². The second kappa shape index (κ2) is 19.3. The fraction of sp³-hybridized carbons (Fsp3) is 0.708. The molecule has 0 spiro atoms. The Labute approximate surface area is 242 Å². The average molecular weight is 603 g/mol. The molecule has 0 aromatic rings. The molecular weight excluding hydrogens is 560 g/mol. The van der Waals surface area contributed by atoms with Gasteiger partial charge in [0.1, 0.15) is 24.2 Å². The maximum Gasteiger partial charge on any atom is 0.325 e. The summed E-state index contributed by atoms with van der Waals surface area (Å²) < 4.78 is 0. The molecule has 0 unspecified atom stereocenters. The highest BCUT2D eigenvalue weighted by Gasteiger charge is 2.28. The molecule has 12 N–H and O–H groups in total. The minimum absolute atomic E-state index is 0.0887. The normalized spacial score (nSPS) is 17.1. The Balaban J connectivity index is 2.65. The molecule has 1 rings (SSSR count). The molecule has 5 atom stereocenters. The van der Waals surface area contributed by atoms with Gasteiger partial charge >= 0.3 is 5.97 Å². The molecule has 0 aromatic carbocycles. The third kappa shape index (κ3) is 13.2. The summed E-state index contributed by atoms with van der Waals surface area (Å²) in [7, 11) is 0. The molecule has 42 heavy (non-hydrogen) atoms. The number of unbranched alkanes of at least 4 members (excludes halogenated alkanes) is 1. The fourth-order valence-electron chi connectivity index (χ4n) is 3.78. The maximum atomic E-state index is 12.8. The number of carboxylic acids is 1. The standard InChI is InChI=1S/C24H42N8O10/c1-13(24(41)42)29-23(40)17(12-34)32-22(39)15(5-2-3-7-25)30-18(35)9-28-21(38)16(11-33)31-19(36)10-27-20(37)14-6-4-8-26-14/h13-17,26,33-34H,2-12,25H2,1H3,(H,27,37)(H,28,38)(H,29,40)(H,30,35)(H,31,36)(H,32,39)(H,41,42)/t13-,14-,15-,16-,17-/m0/s1. The second-order valence-electron chi connectivity index (χ2n) is 9.60. The maximum absolute atomic E-state index is 12.8. The highest BCUT2D eigenvalue weighted by molar-refractivity contribution is 5.95. The van der Waals surface area contributed by atoms with Gasteiger partial charge in [-0.15, -0.1) is 0 Å². The summed E-state index contributed by atoms with van der Waals surface area (Å²) >= 11 is 0. The number of aliphatic hydroxyl groups is 2. The number of hydrogen-bond donors (Lipinski definition) is 11. The molecule has 0 radical (unpaired) electrons. The minimum atomic E-state index is -1.50. The zero-order chi connectivity index (χ0) is 31.7. The van der Waals surface area contributed by atoms with E-state index in [-0.39, 0.29) is 12.3 Å². The van der Waals surface area contributed by atoms with Crippen LogP contribution in [0.5, 0.6) is 0 Å². The van der Waals surface area contributed by atoms with Crippen molar-refractivity contribution in [3.05, 3.63) is 0 Å². The predicted molar refractivity (Wildman–Crippen MR) is 145 cm³/mol. The number of carbonyl (C=O) groups is 7. The molecule has 1 aliphatic heterocycles. The van der Waals surface area contributed by atoms with Crippen molar-refractivity contribution in [2.45, 2.75) is 69.2 Å². The van der Waals surface area contributed by atoms with Crippen LogP contribution in [0.2, 0.25) is 0 Å². The summed E-state index contributed by atoms with van der Waals surface area (Å²) in [6.45, 7) is -0.523. The number of nitrogens with two attached hydrogens (primary N) is 1. The van der Waals surface area contributed by atoms with E-state index in [1.54, 1.807) is 0 Å². The lowest BCUT2D eigenvalue weighted by Gasteiger charge is -2.23. The van der Waals surface area contributed by atoms with Crippen molar-refractivity contribution in [3.63, 3.8) is 0 Å². The lowest BCUT2D eigenvalue weighted by Crippen LogP contribution is -2.57. The molecule has 1 saturated heterocycles. The van der Waals surface area contributed by atoms with E-state index < -0.39 is 92.0 Å². The molecule has 0 bridgehead atoms. The summed E-state index contributed by atoms with van der Waals surface area (Å²) in [6, 6.07) is -5.81. The molecule has 1 fully saturated rings. The Hall–Kier alpha value is -3.87. The molecule has 6 amide bonds. The summed E-state index contributed by atoms with van der Waals surface area (Å²) in [5, 5.41) is 44.6. The Morgan fingerprint density at radius 3 is 1.93 bits per heavy atom. The number of rotatable bonds is 19.